The number of hydrogen-bond acceptors (Lipinski definition) is 3. The normalized spacial score (nSPS) is 10.1. The molecule has 0 aliphatic heterocycles. The van der Waals surface area contributed by atoms with E-state index in [1.807, 2.05) is 0 Å². The van der Waals surface area contributed by atoms with Crippen LogP contribution < -0.4 is 4.74 Å². The molecule has 0 amide bonds. The Morgan fingerprint density at radius 3 is 2.78 bits per heavy atom. The number of aromatic carboxylic acids is 1. The number of carbonyl (C=O) groups is 1. The second-order valence-corrected chi connectivity index (χ2v) is 4.16. The Hall–Kier alpha value is -1.95. The van der Waals surface area contributed by atoms with Crippen molar-refractivity contribution >= 4 is 21.9 Å². The molecule has 1 N–H and O–H groups in total. The van der Waals surface area contributed by atoms with Crippen LogP contribution in [0.2, 0.25) is 0 Å². The van der Waals surface area contributed by atoms with Crippen LogP contribution in [0, 0.1) is 5.82 Å². The molecule has 0 bridgehead atoms. The van der Waals surface area contributed by atoms with Crippen molar-refractivity contribution in [3.8, 4) is 11.6 Å². The molecule has 1 aromatic carbocycles. The van der Waals surface area contributed by atoms with Crippen LogP contribution in [0.3, 0.4) is 0 Å². The summed E-state index contributed by atoms with van der Waals surface area (Å²) in [5.74, 6) is -1.66. The maximum Gasteiger partial charge on any atom is 0.338 e. The first kappa shape index (κ1) is 12.5. The van der Waals surface area contributed by atoms with Crippen LogP contribution in [0.25, 0.3) is 0 Å². The fourth-order valence-electron chi connectivity index (χ4n) is 1.30. The molecule has 18 heavy (non-hydrogen) atoms. The fourth-order valence-corrected chi connectivity index (χ4v) is 1.63. The van der Waals surface area contributed by atoms with Crippen molar-refractivity contribution in [2.45, 2.75) is 0 Å². The second kappa shape index (κ2) is 5.14. The summed E-state index contributed by atoms with van der Waals surface area (Å²) < 4.78 is 19.1. The van der Waals surface area contributed by atoms with E-state index in [1.54, 1.807) is 18.2 Å². The van der Waals surface area contributed by atoms with Gasteiger partial charge in [0, 0.05) is 6.07 Å². The predicted octanol–water partition coefficient (Wildman–Crippen LogP) is 3.47. The van der Waals surface area contributed by atoms with Gasteiger partial charge in [-0.25, -0.2) is 14.2 Å². The molecule has 6 heteroatoms. The summed E-state index contributed by atoms with van der Waals surface area (Å²) in [5.41, 5.74) is -0.442. The van der Waals surface area contributed by atoms with Gasteiger partial charge >= 0.3 is 5.97 Å². The summed E-state index contributed by atoms with van der Waals surface area (Å²) in [5, 5.41) is 8.78. The summed E-state index contributed by atoms with van der Waals surface area (Å²) in [4.78, 5) is 14.8. The van der Waals surface area contributed by atoms with E-state index in [9.17, 15) is 9.18 Å². The number of nitrogens with zero attached hydrogens (tertiary/aromatic N) is 1. The summed E-state index contributed by atoms with van der Waals surface area (Å²) in [7, 11) is 0. The van der Waals surface area contributed by atoms with Gasteiger partial charge in [-0.05, 0) is 40.2 Å². The highest BCUT2D eigenvalue weighted by molar-refractivity contribution is 9.10. The van der Waals surface area contributed by atoms with Gasteiger partial charge in [-0.15, -0.1) is 0 Å². The van der Waals surface area contributed by atoms with E-state index in [-0.39, 0.29) is 11.6 Å². The molecule has 0 aliphatic carbocycles. The van der Waals surface area contributed by atoms with E-state index in [0.717, 1.165) is 12.1 Å². The first-order chi connectivity index (χ1) is 8.56. The highest BCUT2D eigenvalue weighted by Crippen LogP contribution is 2.23. The Balaban J connectivity index is 2.30. The number of carboxylic acids is 1. The number of aromatic nitrogens is 1. The third-order valence-electron chi connectivity index (χ3n) is 2.08. The molecule has 2 rings (SSSR count). The van der Waals surface area contributed by atoms with Crippen molar-refractivity contribution < 1.29 is 19.0 Å². The van der Waals surface area contributed by atoms with E-state index >= 15 is 0 Å². The number of ether oxygens (including phenoxy) is 1. The second-order valence-electron chi connectivity index (χ2n) is 3.35. The first-order valence-electron chi connectivity index (χ1n) is 4.89. The molecule has 0 saturated heterocycles. The van der Waals surface area contributed by atoms with E-state index in [2.05, 4.69) is 20.9 Å². The number of pyridine rings is 1. The van der Waals surface area contributed by atoms with Crippen LogP contribution >= 0.6 is 15.9 Å². The smallest absolute Gasteiger partial charge is 0.338 e. The number of benzene rings is 1. The van der Waals surface area contributed by atoms with Crippen molar-refractivity contribution in [3.63, 3.8) is 0 Å². The molecule has 0 radical (unpaired) electrons. The minimum Gasteiger partial charge on any atom is -0.478 e. The number of carboxylic acid groups (broad SMARTS) is 1. The van der Waals surface area contributed by atoms with Crippen molar-refractivity contribution in [2.75, 3.05) is 0 Å². The van der Waals surface area contributed by atoms with Crippen LogP contribution in [0.1, 0.15) is 10.4 Å². The van der Waals surface area contributed by atoms with Gasteiger partial charge in [0.25, 0.3) is 0 Å². The topological polar surface area (TPSA) is 59.4 Å². The van der Waals surface area contributed by atoms with Gasteiger partial charge in [-0.1, -0.05) is 6.07 Å². The van der Waals surface area contributed by atoms with Crippen LogP contribution in [0.15, 0.2) is 41.0 Å². The molecule has 4 nitrogen and oxygen atoms in total. The standard InChI is InChI=1S/C12H7BrFNO3/c13-10-2-1-3-11(15-10)18-7-4-5-9(14)8(6-7)12(16)17/h1-6H,(H,16,17). The SMILES string of the molecule is O=C(O)c1cc(Oc2cccc(Br)n2)ccc1F. The molecule has 0 aliphatic rings. The number of halogens is 2. The lowest BCUT2D eigenvalue weighted by Gasteiger charge is -2.06. The summed E-state index contributed by atoms with van der Waals surface area (Å²) in [6.07, 6.45) is 0. The van der Waals surface area contributed by atoms with E-state index in [4.69, 9.17) is 9.84 Å². The highest BCUT2D eigenvalue weighted by Gasteiger charge is 2.12. The summed E-state index contributed by atoms with van der Waals surface area (Å²) in [6, 6.07) is 8.53. The maximum absolute atomic E-state index is 13.2. The Bertz CT molecular complexity index is 604. The lowest BCUT2D eigenvalue weighted by molar-refractivity contribution is 0.0691. The van der Waals surface area contributed by atoms with Gasteiger partial charge in [0.2, 0.25) is 5.88 Å². The predicted molar refractivity (Wildman–Crippen MR) is 65.4 cm³/mol. The monoisotopic (exact) mass is 311 g/mol. The van der Waals surface area contributed by atoms with Gasteiger partial charge in [0.15, 0.2) is 0 Å². The molecule has 1 aromatic heterocycles. The minimum atomic E-state index is -1.35. The zero-order valence-electron chi connectivity index (χ0n) is 8.93. The molecule has 1 heterocycles. The minimum absolute atomic E-state index is 0.208. The zero-order valence-corrected chi connectivity index (χ0v) is 10.5. The molecule has 0 saturated carbocycles. The largest absolute Gasteiger partial charge is 0.478 e. The lowest BCUT2D eigenvalue weighted by Crippen LogP contribution is -2.00. The third kappa shape index (κ3) is 2.84. The molecular weight excluding hydrogens is 305 g/mol. The zero-order chi connectivity index (χ0) is 13.1. The van der Waals surface area contributed by atoms with E-state index in [1.165, 1.54) is 6.07 Å². The van der Waals surface area contributed by atoms with E-state index < -0.39 is 17.3 Å². The van der Waals surface area contributed by atoms with Gasteiger partial charge < -0.3 is 9.84 Å². The molecule has 0 atom stereocenters. The third-order valence-corrected chi connectivity index (χ3v) is 2.52. The van der Waals surface area contributed by atoms with Crippen LogP contribution in [-0.2, 0) is 0 Å². The molecule has 0 unspecified atom stereocenters. The quantitative estimate of drug-likeness (QED) is 0.882. The molecule has 0 spiro atoms. The van der Waals surface area contributed by atoms with Crippen molar-refractivity contribution in [3.05, 3.63) is 52.4 Å². The van der Waals surface area contributed by atoms with Crippen LogP contribution in [0.5, 0.6) is 11.6 Å². The number of rotatable bonds is 3. The van der Waals surface area contributed by atoms with Gasteiger partial charge in [-0.3, -0.25) is 0 Å². The Morgan fingerprint density at radius 2 is 2.11 bits per heavy atom. The molecular formula is C12H7BrFNO3. The Labute approximate surface area is 110 Å². The van der Waals surface area contributed by atoms with E-state index in [0.29, 0.717) is 4.60 Å². The lowest BCUT2D eigenvalue weighted by atomic mass is 10.2. The molecule has 92 valence electrons. The van der Waals surface area contributed by atoms with Crippen molar-refractivity contribution in [1.82, 2.24) is 4.98 Å². The Morgan fingerprint density at radius 1 is 1.33 bits per heavy atom. The average Bonchev–Trinajstić information content (AvgIpc) is 2.31. The number of hydrogen-bond donors (Lipinski definition) is 1. The average molecular weight is 312 g/mol. The Kier molecular flexibility index (Phi) is 3.57. The van der Waals surface area contributed by atoms with Crippen LogP contribution in [0.4, 0.5) is 4.39 Å². The highest BCUT2D eigenvalue weighted by atomic mass is 79.9. The van der Waals surface area contributed by atoms with Crippen molar-refractivity contribution in [1.29, 1.82) is 0 Å². The first-order valence-corrected chi connectivity index (χ1v) is 5.69. The maximum atomic E-state index is 13.2. The van der Waals surface area contributed by atoms with Gasteiger partial charge in [0.1, 0.15) is 16.2 Å². The summed E-state index contributed by atoms with van der Waals surface area (Å²) in [6.45, 7) is 0. The van der Waals surface area contributed by atoms with Gasteiger partial charge in [-0.2, -0.15) is 0 Å². The van der Waals surface area contributed by atoms with Crippen LogP contribution in [-0.4, -0.2) is 16.1 Å². The van der Waals surface area contributed by atoms with Gasteiger partial charge in [0.05, 0.1) is 5.56 Å². The molecule has 0 fully saturated rings. The fraction of sp³-hybridized carbons (Fsp3) is 0. The summed E-state index contributed by atoms with van der Waals surface area (Å²) >= 11 is 3.18. The molecule has 2 aromatic rings. The van der Waals surface area contributed by atoms with Crippen molar-refractivity contribution in [2.24, 2.45) is 0 Å².